The van der Waals surface area contributed by atoms with Crippen molar-refractivity contribution in [3.05, 3.63) is 78.5 Å². The Bertz CT molecular complexity index is 1340. The molecule has 9 heteroatoms. The van der Waals surface area contributed by atoms with Crippen molar-refractivity contribution in [1.82, 2.24) is 34.3 Å². The Balaban J connectivity index is 1.40. The van der Waals surface area contributed by atoms with E-state index in [0.717, 1.165) is 35.0 Å². The van der Waals surface area contributed by atoms with Gasteiger partial charge in [0.25, 0.3) is 0 Å². The summed E-state index contributed by atoms with van der Waals surface area (Å²) < 4.78 is 3.75. The zero-order valence-corrected chi connectivity index (χ0v) is 17.9. The number of benzene rings is 1. The molecule has 0 saturated heterocycles. The minimum Gasteiger partial charge on any atom is -0.309 e. The summed E-state index contributed by atoms with van der Waals surface area (Å²) in [6, 6.07) is 16.3. The molecule has 0 atom stereocenters. The van der Waals surface area contributed by atoms with Gasteiger partial charge >= 0.3 is 0 Å². The maximum Gasteiger partial charge on any atom is 0.228 e. The lowest BCUT2D eigenvalue weighted by molar-refractivity contribution is 0.775. The molecule has 8 nitrogen and oxygen atoms in total. The van der Waals surface area contributed by atoms with E-state index in [1.54, 1.807) is 28.8 Å². The van der Waals surface area contributed by atoms with Gasteiger partial charge in [0.2, 0.25) is 5.95 Å². The van der Waals surface area contributed by atoms with E-state index in [4.69, 9.17) is 0 Å². The summed E-state index contributed by atoms with van der Waals surface area (Å²) in [5.74, 6) is 2.23. The second-order valence-electron chi connectivity index (χ2n) is 7.02. The lowest BCUT2D eigenvalue weighted by atomic mass is 10.1. The van der Waals surface area contributed by atoms with E-state index >= 15 is 0 Å². The van der Waals surface area contributed by atoms with Gasteiger partial charge in [0.05, 0.1) is 11.9 Å². The normalized spacial score (nSPS) is 11.2. The van der Waals surface area contributed by atoms with Crippen molar-refractivity contribution in [2.45, 2.75) is 11.3 Å². The van der Waals surface area contributed by atoms with Crippen LogP contribution in [0, 0.1) is 0 Å². The molecule has 154 valence electrons. The molecule has 0 radical (unpaired) electrons. The highest BCUT2D eigenvalue weighted by molar-refractivity contribution is 7.98. The molecule has 0 spiro atoms. The second kappa shape index (κ2) is 8.19. The molecule has 0 aliphatic carbocycles. The molecular weight excluding hydrogens is 408 g/mol. The molecule has 0 amide bonds. The predicted molar refractivity (Wildman–Crippen MR) is 122 cm³/mol. The second-order valence-corrected chi connectivity index (χ2v) is 7.89. The quantitative estimate of drug-likeness (QED) is 0.410. The average molecular weight is 429 g/mol. The minimum atomic E-state index is 0.511. The maximum absolute atomic E-state index is 4.63. The molecule has 0 saturated carbocycles. The molecule has 0 aliphatic heterocycles. The van der Waals surface area contributed by atoms with Crippen molar-refractivity contribution in [3.63, 3.8) is 0 Å². The summed E-state index contributed by atoms with van der Waals surface area (Å²) in [6.45, 7) is 0. The van der Waals surface area contributed by atoms with E-state index in [2.05, 4.69) is 61.1 Å². The number of nitrogens with one attached hydrogen (secondary N) is 1. The summed E-state index contributed by atoms with van der Waals surface area (Å²) in [4.78, 5) is 10.2. The molecule has 1 aromatic carbocycles. The largest absolute Gasteiger partial charge is 0.309 e. The fourth-order valence-electron chi connectivity index (χ4n) is 3.34. The van der Waals surface area contributed by atoms with Gasteiger partial charge in [0, 0.05) is 42.4 Å². The first kappa shape index (κ1) is 19.3. The van der Waals surface area contributed by atoms with Crippen LogP contribution in [0.3, 0.4) is 0 Å². The number of rotatable bonds is 6. The first-order chi connectivity index (χ1) is 15.2. The van der Waals surface area contributed by atoms with Crippen LogP contribution in [0.5, 0.6) is 0 Å². The summed E-state index contributed by atoms with van der Waals surface area (Å²) in [7, 11) is 1.86. The van der Waals surface area contributed by atoms with Crippen LogP contribution in [0.15, 0.2) is 72.0 Å². The Kier molecular flexibility index (Phi) is 5.09. The van der Waals surface area contributed by atoms with Gasteiger partial charge in [-0.3, -0.25) is 9.08 Å². The number of fused-ring (bicyclic) bond motifs is 1. The number of nitrogens with zero attached hydrogens (tertiary/aromatic N) is 7. The highest BCUT2D eigenvalue weighted by atomic mass is 32.2. The molecule has 1 N–H and O–H groups in total. The highest BCUT2D eigenvalue weighted by Gasteiger charge is 2.10. The fourth-order valence-corrected chi connectivity index (χ4v) is 3.75. The zero-order valence-electron chi connectivity index (χ0n) is 17.1. The lowest BCUT2D eigenvalue weighted by Gasteiger charge is -2.07. The summed E-state index contributed by atoms with van der Waals surface area (Å²) >= 11 is 1.74. The summed E-state index contributed by atoms with van der Waals surface area (Å²) in [5, 5.41) is 16.1. The molecule has 0 unspecified atom stereocenters. The van der Waals surface area contributed by atoms with Crippen molar-refractivity contribution in [2.24, 2.45) is 7.05 Å². The third kappa shape index (κ3) is 3.99. The SMILES string of the molecule is CSc1ccc(Cc2nnc3cc(-c4ccnc(Nc5ccnn5C)n4)ccn23)cc1. The van der Waals surface area contributed by atoms with E-state index in [1.807, 2.05) is 41.9 Å². The predicted octanol–water partition coefficient (Wildman–Crippen LogP) is 3.98. The van der Waals surface area contributed by atoms with Crippen molar-refractivity contribution in [1.29, 1.82) is 0 Å². The molecule has 31 heavy (non-hydrogen) atoms. The number of aromatic nitrogens is 7. The summed E-state index contributed by atoms with van der Waals surface area (Å²) in [6.07, 6.45) is 8.25. The first-order valence-corrected chi connectivity index (χ1v) is 11.0. The van der Waals surface area contributed by atoms with Crippen LogP contribution in [0.1, 0.15) is 11.4 Å². The standard InChI is InChI=1S/C22H20N8S/c1-29-19(8-11-24-29)26-22-23-10-7-18(25-22)16-9-12-30-20(27-28-21(30)14-16)13-15-3-5-17(31-2)6-4-15/h3-12,14H,13H2,1-2H3,(H,23,25,26). The highest BCUT2D eigenvalue weighted by Crippen LogP contribution is 2.22. The van der Waals surface area contributed by atoms with Gasteiger partial charge in [0.1, 0.15) is 11.6 Å². The average Bonchev–Trinajstić information content (AvgIpc) is 3.40. The van der Waals surface area contributed by atoms with E-state index in [1.165, 1.54) is 10.5 Å². The lowest BCUT2D eigenvalue weighted by Crippen LogP contribution is -2.03. The van der Waals surface area contributed by atoms with Crippen LogP contribution in [-0.2, 0) is 13.5 Å². The Hall–Kier alpha value is -3.72. The van der Waals surface area contributed by atoms with Crippen LogP contribution in [0.2, 0.25) is 0 Å². The van der Waals surface area contributed by atoms with E-state index < -0.39 is 0 Å². The van der Waals surface area contributed by atoms with Gasteiger partial charge in [-0.2, -0.15) is 5.10 Å². The maximum atomic E-state index is 4.63. The van der Waals surface area contributed by atoms with Gasteiger partial charge in [0.15, 0.2) is 5.65 Å². The Morgan fingerprint density at radius 3 is 2.65 bits per heavy atom. The van der Waals surface area contributed by atoms with Crippen molar-refractivity contribution < 1.29 is 0 Å². The molecule has 0 fully saturated rings. The third-order valence-electron chi connectivity index (χ3n) is 5.01. The zero-order chi connectivity index (χ0) is 21.2. The van der Waals surface area contributed by atoms with Gasteiger partial charge in [-0.1, -0.05) is 12.1 Å². The van der Waals surface area contributed by atoms with Crippen LogP contribution < -0.4 is 5.32 Å². The summed E-state index contributed by atoms with van der Waals surface area (Å²) in [5.41, 5.74) is 3.75. The fraction of sp³-hybridized carbons (Fsp3) is 0.136. The smallest absolute Gasteiger partial charge is 0.228 e. The van der Waals surface area contributed by atoms with Crippen LogP contribution in [0.25, 0.3) is 16.9 Å². The van der Waals surface area contributed by atoms with Crippen molar-refractivity contribution >= 4 is 29.2 Å². The van der Waals surface area contributed by atoms with Gasteiger partial charge in [-0.25, -0.2) is 9.97 Å². The van der Waals surface area contributed by atoms with Crippen LogP contribution >= 0.6 is 11.8 Å². The number of anilines is 2. The first-order valence-electron chi connectivity index (χ1n) is 9.74. The number of aryl methyl sites for hydroxylation is 1. The number of hydrogen-bond donors (Lipinski definition) is 1. The van der Waals surface area contributed by atoms with Gasteiger partial charge in [-0.05, 0) is 42.2 Å². The van der Waals surface area contributed by atoms with Crippen molar-refractivity contribution in [2.75, 3.05) is 11.6 Å². The van der Waals surface area contributed by atoms with Crippen LogP contribution in [-0.4, -0.2) is 40.6 Å². The van der Waals surface area contributed by atoms with E-state index in [-0.39, 0.29) is 0 Å². The molecule has 5 aromatic rings. The van der Waals surface area contributed by atoms with E-state index in [0.29, 0.717) is 5.95 Å². The molecular formula is C22H20N8S. The molecule has 5 rings (SSSR count). The van der Waals surface area contributed by atoms with Gasteiger partial charge < -0.3 is 5.32 Å². The molecule has 4 aromatic heterocycles. The van der Waals surface area contributed by atoms with E-state index in [9.17, 15) is 0 Å². The number of thioether (sulfide) groups is 1. The van der Waals surface area contributed by atoms with Crippen molar-refractivity contribution in [3.8, 4) is 11.3 Å². The van der Waals surface area contributed by atoms with Crippen LogP contribution in [0.4, 0.5) is 11.8 Å². The molecule has 0 bridgehead atoms. The van der Waals surface area contributed by atoms with Gasteiger partial charge in [-0.15, -0.1) is 22.0 Å². The molecule has 0 aliphatic rings. The topological polar surface area (TPSA) is 85.8 Å². The monoisotopic (exact) mass is 428 g/mol. The Morgan fingerprint density at radius 1 is 1.00 bits per heavy atom. The minimum absolute atomic E-state index is 0.511. The Labute approximate surface area is 183 Å². The third-order valence-corrected chi connectivity index (χ3v) is 5.76. The molecule has 4 heterocycles. The Morgan fingerprint density at radius 2 is 1.87 bits per heavy atom. The number of pyridine rings is 1. The number of hydrogen-bond acceptors (Lipinski definition) is 7.